The van der Waals surface area contributed by atoms with Gasteiger partial charge in [-0.05, 0) is 19.9 Å². The zero-order chi connectivity index (χ0) is 16.1. The smallest absolute Gasteiger partial charge is 0.194 e. The van der Waals surface area contributed by atoms with E-state index >= 15 is 0 Å². The Morgan fingerprint density at radius 3 is 2.13 bits per heavy atom. The van der Waals surface area contributed by atoms with E-state index < -0.39 is 0 Å². The van der Waals surface area contributed by atoms with E-state index in [2.05, 4.69) is 4.98 Å². The summed E-state index contributed by atoms with van der Waals surface area (Å²) in [6.45, 7) is 3.68. The van der Waals surface area contributed by atoms with Gasteiger partial charge in [-0.25, -0.2) is 0 Å². The number of aromatic nitrogens is 1. The largest absolute Gasteiger partial charge is 0.358 e. The summed E-state index contributed by atoms with van der Waals surface area (Å²) >= 11 is 0. The number of allylic oxidation sites excluding steroid dienone is 2. The molecular formula is C20H15NO2. The molecule has 0 bridgehead atoms. The molecule has 1 aromatic heterocycles. The molecule has 1 aliphatic rings. The van der Waals surface area contributed by atoms with Crippen molar-refractivity contribution < 1.29 is 9.59 Å². The van der Waals surface area contributed by atoms with Gasteiger partial charge < -0.3 is 4.98 Å². The minimum Gasteiger partial charge on any atom is -0.358 e. The second-order valence-electron chi connectivity index (χ2n) is 5.87. The van der Waals surface area contributed by atoms with Crippen LogP contribution in [0.4, 0.5) is 0 Å². The van der Waals surface area contributed by atoms with Crippen molar-refractivity contribution in [3.05, 3.63) is 76.5 Å². The standard InChI is InChI=1S/C20H15NO2/c1-11-17(18-12(2)21-16-10-6-5-9-15(16)18)20(23)14-8-4-3-7-13(14)19(11)22/h3-10,21H,1-2H3. The van der Waals surface area contributed by atoms with Crippen LogP contribution in [0.15, 0.2) is 54.1 Å². The first-order chi connectivity index (χ1) is 11.1. The maximum absolute atomic E-state index is 13.0. The highest BCUT2D eigenvalue weighted by Gasteiger charge is 2.32. The van der Waals surface area contributed by atoms with E-state index in [1.54, 1.807) is 31.2 Å². The van der Waals surface area contributed by atoms with Crippen molar-refractivity contribution in [2.75, 3.05) is 0 Å². The van der Waals surface area contributed by atoms with Gasteiger partial charge in [0.2, 0.25) is 0 Å². The average molecular weight is 301 g/mol. The lowest BCUT2D eigenvalue weighted by Crippen LogP contribution is -2.20. The van der Waals surface area contributed by atoms with Crippen molar-refractivity contribution in [2.24, 2.45) is 0 Å². The van der Waals surface area contributed by atoms with Gasteiger partial charge >= 0.3 is 0 Å². The number of carbonyl (C=O) groups is 2. The predicted octanol–water partition coefficient (Wildman–Crippen LogP) is 4.33. The lowest BCUT2D eigenvalue weighted by atomic mass is 9.81. The van der Waals surface area contributed by atoms with Crippen molar-refractivity contribution in [1.29, 1.82) is 0 Å². The monoisotopic (exact) mass is 301 g/mol. The van der Waals surface area contributed by atoms with Gasteiger partial charge in [0.05, 0.1) is 0 Å². The van der Waals surface area contributed by atoms with Crippen molar-refractivity contribution in [2.45, 2.75) is 13.8 Å². The molecule has 23 heavy (non-hydrogen) atoms. The molecule has 0 spiro atoms. The Kier molecular flexibility index (Phi) is 2.85. The Morgan fingerprint density at radius 2 is 1.39 bits per heavy atom. The van der Waals surface area contributed by atoms with Gasteiger partial charge in [0.1, 0.15) is 0 Å². The molecule has 3 nitrogen and oxygen atoms in total. The third-order valence-corrected chi connectivity index (χ3v) is 4.50. The number of H-pyrrole nitrogens is 1. The summed E-state index contributed by atoms with van der Waals surface area (Å²) < 4.78 is 0. The molecule has 0 unspecified atom stereocenters. The van der Waals surface area contributed by atoms with Crippen LogP contribution >= 0.6 is 0 Å². The Bertz CT molecular complexity index is 1020. The van der Waals surface area contributed by atoms with Gasteiger partial charge in [-0.3, -0.25) is 9.59 Å². The number of aryl methyl sites for hydroxylation is 1. The number of nitrogens with one attached hydrogen (secondary N) is 1. The number of benzene rings is 2. The van der Waals surface area contributed by atoms with Gasteiger partial charge in [0.15, 0.2) is 11.6 Å². The highest BCUT2D eigenvalue weighted by molar-refractivity contribution is 6.41. The highest BCUT2D eigenvalue weighted by atomic mass is 16.1. The molecule has 0 atom stereocenters. The first kappa shape index (κ1) is 13.7. The Labute approximate surface area is 133 Å². The maximum Gasteiger partial charge on any atom is 0.194 e. The van der Waals surface area contributed by atoms with Crippen LogP contribution in [0.5, 0.6) is 0 Å². The topological polar surface area (TPSA) is 49.9 Å². The summed E-state index contributed by atoms with van der Waals surface area (Å²) in [5, 5.41) is 0.972. The number of fused-ring (bicyclic) bond motifs is 2. The van der Waals surface area contributed by atoms with Gasteiger partial charge in [-0.2, -0.15) is 0 Å². The van der Waals surface area contributed by atoms with Crippen LogP contribution in [0, 0.1) is 6.92 Å². The Hall–Kier alpha value is -2.94. The van der Waals surface area contributed by atoms with E-state index in [0.717, 1.165) is 22.2 Å². The fourth-order valence-electron chi connectivity index (χ4n) is 3.40. The molecule has 0 saturated carbocycles. The second kappa shape index (κ2) is 4.78. The van der Waals surface area contributed by atoms with E-state index in [0.29, 0.717) is 22.3 Å². The number of rotatable bonds is 1. The van der Waals surface area contributed by atoms with Crippen LogP contribution in [0.3, 0.4) is 0 Å². The van der Waals surface area contributed by atoms with Gasteiger partial charge in [-0.15, -0.1) is 0 Å². The minimum absolute atomic E-state index is 0.0696. The molecule has 1 N–H and O–H groups in total. The number of ketones is 2. The molecule has 0 saturated heterocycles. The van der Waals surface area contributed by atoms with E-state index in [1.807, 2.05) is 31.2 Å². The van der Waals surface area contributed by atoms with Crippen molar-refractivity contribution in [3.8, 4) is 0 Å². The molecule has 0 fully saturated rings. The highest BCUT2D eigenvalue weighted by Crippen LogP contribution is 2.37. The summed E-state index contributed by atoms with van der Waals surface area (Å²) in [5.74, 6) is -0.148. The lowest BCUT2D eigenvalue weighted by Gasteiger charge is -2.19. The van der Waals surface area contributed by atoms with Crippen molar-refractivity contribution in [1.82, 2.24) is 4.98 Å². The van der Waals surface area contributed by atoms with Crippen LogP contribution in [-0.2, 0) is 0 Å². The molecule has 0 amide bonds. The minimum atomic E-state index is -0.0782. The van der Waals surface area contributed by atoms with Crippen LogP contribution in [0.25, 0.3) is 16.5 Å². The van der Waals surface area contributed by atoms with Crippen LogP contribution < -0.4 is 0 Å². The molecule has 3 heteroatoms. The fourth-order valence-corrected chi connectivity index (χ4v) is 3.40. The van der Waals surface area contributed by atoms with E-state index in [-0.39, 0.29) is 11.6 Å². The molecule has 2 aromatic carbocycles. The molecular weight excluding hydrogens is 286 g/mol. The summed E-state index contributed by atoms with van der Waals surface area (Å²) in [5.41, 5.74) is 4.73. The number of hydrogen-bond donors (Lipinski definition) is 1. The SMILES string of the molecule is CC1=C(c2c(C)[nH]c3ccccc23)C(=O)c2ccccc2C1=O. The summed E-state index contributed by atoms with van der Waals surface area (Å²) in [4.78, 5) is 29.0. The zero-order valence-electron chi connectivity index (χ0n) is 12.9. The molecule has 4 rings (SSSR count). The molecule has 3 aromatic rings. The molecule has 1 aliphatic carbocycles. The number of Topliss-reactive ketones (excluding diaryl/α,β-unsaturated/α-hetero) is 2. The van der Waals surface area contributed by atoms with E-state index in [9.17, 15) is 9.59 Å². The van der Waals surface area contributed by atoms with E-state index in [1.165, 1.54) is 0 Å². The van der Waals surface area contributed by atoms with Gasteiger partial charge in [0.25, 0.3) is 0 Å². The normalized spacial score (nSPS) is 14.5. The summed E-state index contributed by atoms with van der Waals surface area (Å²) in [6.07, 6.45) is 0. The number of para-hydroxylation sites is 1. The van der Waals surface area contributed by atoms with Crippen LogP contribution in [0.2, 0.25) is 0 Å². The Balaban J connectivity index is 2.05. The second-order valence-corrected chi connectivity index (χ2v) is 5.87. The van der Waals surface area contributed by atoms with Gasteiger partial charge in [0, 0.05) is 44.4 Å². The quantitative estimate of drug-likeness (QED) is 0.727. The Morgan fingerprint density at radius 1 is 0.783 bits per heavy atom. The third-order valence-electron chi connectivity index (χ3n) is 4.50. The fraction of sp³-hybridized carbons (Fsp3) is 0.100. The van der Waals surface area contributed by atoms with Crippen LogP contribution in [0.1, 0.15) is 38.9 Å². The van der Waals surface area contributed by atoms with Crippen LogP contribution in [-0.4, -0.2) is 16.6 Å². The molecule has 0 aliphatic heterocycles. The third kappa shape index (κ3) is 1.83. The summed E-state index contributed by atoms with van der Waals surface area (Å²) in [6, 6.07) is 14.9. The number of carbonyl (C=O) groups excluding carboxylic acids is 2. The van der Waals surface area contributed by atoms with Crippen molar-refractivity contribution >= 4 is 28.0 Å². The molecule has 1 heterocycles. The predicted molar refractivity (Wildman–Crippen MR) is 90.7 cm³/mol. The molecule has 0 radical (unpaired) electrons. The number of aromatic amines is 1. The first-order valence-electron chi connectivity index (χ1n) is 7.56. The summed E-state index contributed by atoms with van der Waals surface area (Å²) in [7, 11) is 0. The van der Waals surface area contributed by atoms with Crippen molar-refractivity contribution in [3.63, 3.8) is 0 Å². The van der Waals surface area contributed by atoms with Gasteiger partial charge in [-0.1, -0.05) is 42.5 Å². The first-order valence-corrected chi connectivity index (χ1v) is 7.56. The zero-order valence-corrected chi connectivity index (χ0v) is 12.9. The number of hydrogen-bond acceptors (Lipinski definition) is 2. The molecule has 112 valence electrons. The van der Waals surface area contributed by atoms with E-state index in [4.69, 9.17) is 0 Å². The lowest BCUT2D eigenvalue weighted by molar-refractivity contribution is 0.0992. The maximum atomic E-state index is 13.0. The average Bonchev–Trinajstić information content (AvgIpc) is 2.89.